The van der Waals surface area contributed by atoms with Crippen LogP contribution in [0, 0.1) is 6.92 Å². The second-order valence-corrected chi connectivity index (χ2v) is 5.10. The lowest BCUT2D eigenvalue weighted by Gasteiger charge is -2.33. The number of hydrogen-bond acceptors (Lipinski definition) is 5. The number of anilines is 1. The van der Waals surface area contributed by atoms with Crippen LogP contribution in [0.5, 0.6) is 0 Å². The fourth-order valence-corrected chi connectivity index (χ4v) is 2.34. The lowest BCUT2D eigenvalue weighted by atomic mass is 10.1. The highest BCUT2D eigenvalue weighted by atomic mass is 35.5. The summed E-state index contributed by atoms with van der Waals surface area (Å²) >= 11 is 0. The molecule has 6 nitrogen and oxygen atoms in total. The van der Waals surface area contributed by atoms with Gasteiger partial charge in [0.15, 0.2) is 0 Å². The fourth-order valence-electron chi connectivity index (χ4n) is 2.34. The van der Waals surface area contributed by atoms with E-state index in [0.717, 1.165) is 5.56 Å². The molecule has 7 heteroatoms. The highest BCUT2D eigenvalue weighted by molar-refractivity contribution is 5.96. The summed E-state index contributed by atoms with van der Waals surface area (Å²) in [4.78, 5) is 25.6. The Morgan fingerprint density at radius 2 is 2.18 bits per heavy atom. The number of esters is 1. The van der Waals surface area contributed by atoms with Crippen molar-refractivity contribution in [1.29, 1.82) is 0 Å². The normalized spacial score (nSPS) is 17.5. The topological polar surface area (TPSA) is 81.9 Å². The number of carbonyl (C=O) groups excluding carboxylic acids is 2. The summed E-state index contributed by atoms with van der Waals surface area (Å²) in [6.45, 7) is 3.17. The third kappa shape index (κ3) is 4.35. The van der Waals surface area contributed by atoms with Crippen LogP contribution in [0.2, 0.25) is 0 Å². The molecule has 1 heterocycles. The van der Waals surface area contributed by atoms with Crippen molar-refractivity contribution in [3.05, 3.63) is 29.3 Å². The van der Waals surface area contributed by atoms with Crippen molar-refractivity contribution in [2.24, 2.45) is 0 Å². The lowest BCUT2D eigenvalue weighted by molar-refractivity contribution is -0.145. The van der Waals surface area contributed by atoms with Crippen LogP contribution in [-0.4, -0.2) is 49.7 Å². The van der Waals surface area contributed by atoms with Gasteiger partial charge in [-0.05, 0) is 24.6 Å². The van der Waals surface area contributed by atoms with E-state index in [1.165, 1.54) is 7.11 Å². The molecule has 0 bridgehead atoms. The predicted molar refractivity (Wildman–Crippen MR) is 85.1 cm³/mol. The molecule has 1 fully saturated rings. The molecule has 2 N–H and O–H groups in total. The van der Waals surface area contributed by atoms with Gasteiger partial charge in [-0.2, -0.15) is 0 Å². The molecule has 1 aliphatic rings. The van der Waals surface area contributed by atoms with Gasteiger partial charge in [0.2, 0.25) is 0 Å². The number of hydrogen-bond donors (Lipinski definition) is 1. The van der Waals surface area contributed by atoms with E-state index in [9.17, 15) is 9.59 Å². The molecule has 0 aromatic heterocycles. The standard InChI is InChI=1S/C15H20N2O4.ClH/c1-10-3-4-11(16)7-13(10)15(19)17-5-6-21-12(9-17)8-14(18)20-2;/h3-4,7,12H,5-6,8-9,16H2,1-2H3;1H. The summed E-state index contributed by atoms with van der Waals surface area (Å²) in [5, 5.41) is 0. The van der Waals surface area contributed by atoms with Crippen molar-refractivity contribution in [2.45, 2.75) is 19.4 Å². The molecule has 22 heavy (non-hydrogen) atoms. The first-order valence-electron chi connectivity index (χ1n) is 6.85. The second kappa shape index (κ2) is 8.00. The van der Waals surface area contributed by atoms with E-state index in [4.69, 9.17) is 10.5 Å². The number of amides is 1. The molecule has 0 radical (unpaired) electrons. The van der Waals surface area contributed by atoms with Gasteiger partial charge in [0, 0.05) is 24.3 Å². The predicted octanol–water partition coefficient (Wildman–Crippen LogP) is 1.40. The van der Waals surface area contributed by atoms with Crippen LogP contribution in [-0.2, 0) is 14.3 Å². The van der Waals surface area contributed by atoms with E-state index in [1.54, 1.807) is 17.0 Å². The minimum absolute atomic E-state index is 0. The number of methoxy groups -OCH3 is 1. The number of rotatable bonds is 3. The zero-order valence-electron chi connectivity index (χ0n) is 12.7. The van der Waals surface area contributed by atoms with Crippen LogP contribution in [0.3, 0.4) is 0 Å². The quantitative estimate of drug-likeness (QED) is 0.670. The number of aryl methyl sites for hydroxylation is 1. The maximum atomic E-state index is 12.6. The third-order valence-corrected chi connectivity index (χ3v) is 3.54. The minimum atomic E-state index is -0.338. The number of nitrogen functional groups attached to an aromatic ring is 1. The zero-order valence-corrected chi connectivity index (χ0v) is 13.5. The third-order valence-electron chi connectivity index (χ3n) is 3.54. The van der Waals surface area contributed by atoms with E-state index in [-0.39, 0.29) is 36.8 Å². The van der Waals surface area contributed by atoms with E-state index >= 15 is 0 Å². The average molecular weight is 329 g/mol. The Morgan fingerprint density at radius 1 is 1.45 bits per heavy atom. The maximum absolute atomic E-state index is 12.6. The summed E-state index contributed by atoms with van der Waals surface area (Å²) in [5.41, 5.74) is 7.78. The fraction of sp³-hybridized carbons (Fsp3) is 0.467. The monoisotopic (exact) mass is 328 g/mol. The minimum Gasteiger partial charge on any atom is -0.469 e. The number of nitrogens with two attached hydrogens (primary N) is 1. The summed E-state index contributed by atoms with van der Waals surface area (Å²) in [6.07, 6.45) is -0.174. The van der Waals surface area contributed by atoms with Crippen molar-refractivity contribution in [1.82, 2.24) is 4.90 Å². The smallest absolute Gasteiger partial charge is 0.308 e. The maximum Gasteiger partial charge on any atom is 0.308 e. The van der Waals surface area contributed by atoms with Crippen LogP contribution >= 0.6 is 12.4 Å². The van der Waals surface area contributed by atoms with Gasteiger partial charge >= 0.3 is 5.97 Å². The van der Waals surface area contributed by atoms with E-state index in [1.807, 2.05) is 13.0 Å². The summed E-state index contributed by atoms with van der Waals surface area (Å²) in [6, 6.07) is 5.28. The summed E-state index contributed by atoms with van der Waals surface area (Å²) in [7, 11) is 1.34. The first kappa shape index (κ1) is 18.3. The first-order valence-corrected chi connectivity index (χ1v) is 6.85. The summed E-state index contributed by atoms with van der Waals surface area (Å²) < 4.78 is 10.1. The average Bonchev–Trinajstić information content (AvgIpc) is 2.49. The number of ether oxygens (including phenoxy) is 2. The number of benzene rings is 1. The molecule has 0 saturated carbocycles. The highest BCUT2D eigenvalue weighted by Gasteiger charge is 2.27. The Balaban J connectivity index is 0.00000242. The number of carbonyl (C=O) groups is 2. The van der Waals surface area contributed by atoms with Crippen LogP contribution < -0.4 is 5.73 Å². The van der Waals surface area contributed by atoms with Gasteiger partial charge in [0.05, 0.1) is 26.2 Å². The highest BCUT2D eigenvalue weighted by Crippen LogP contribution is 2.18. The Bertz CT molecular complexity index is 550. The van der Waals surface area contributed by atoms with Crippen molar-refractivity contribution >= 4 is 30.0 Å². The van der Waals surface area contributed by atoms with E-state index < -0.39 is 0 Å². The number of morpholine rings is 1. The zero-order chi connectivity index (χ0) is 15.4. The van der Waals surface area contributed by atoms with Crippen LogP contribution in [0.4, 0.5) is 5.69 Å². The molecule has 1 amide bonds. The summed E-state index contributed by atoms with van der Waals surface area (Å²) in [5.74, 6) is -0.424. The molecule has 0 aliphatic carbocycles. The van der Waals surface area contributed by atoms with Crippen molar-refractivity contribution < 1.29 is 19.1 Å². The molecule has 1 aromatic rings. The molecular weight excluding hydrogens is 308 g/mol. The Hall–Kier alpha value is -1.79. The van der Waals surface area contributed by atoms with Crippen LogP contribution in [0.1, 0.15) is 22.3 Å². The number of nitrogens with zero attached hydrogens (tertiary/aromatic N) is 1. The Labute approximate surface area is 136 Å². The largest absolute Gasteiger partial charge is 0.469 e. The van der Waals surface area contributed by atoms with Crippen LogP contribution in [0.25, 0.3) is 0 Å². The molecule has 1 aromatic carbocycles. The van der Waals surface area contributed by atoms with Gasteiger partial charge in [-0.15, -0.1) is 12.4 Å². The molecule has 122 valence electrons. The molecule has 1 atom stereocenters. The van der Waals surface area contributed by atoms with Gasteiger partial charge in [-0.3, -0.25) is 9.59 Å². The van der Waals surface area contributed by atoms with Crippen molar-refractivity contribution in [2.75, 3.05) is 32.5 Å². The van der Waals surface area contributed by atoms with E-state index in [2.05, 4.69) is 4.74 Å². The molecule has 2 rings (SSSR count). The van der Waals surface area contributed by atoms with Gasteiger partial charge in [0.1, 0.15) is 0 Å². The Kier molecular flexibility index (Phi) is 6.64. The van der Waals surface area contributed by atoms with Gasteiger partial charge in [-0.25, -0.2) is 0 Å². The molecule has 1 aliphatic heterocycles. The number of halogens is 1. The first-order chi connectivity index (χ1) is 10.0. The second-order valence-electron chi connectivity index (χ2n) is 5.10. The van der Waals surface area contributed by atoms with Crippen molar-refractivity contribution in [3.63, 3.8) is 0 Å². The molecular formula is C15H21ClN2O4. The molecule has 1 unspecified atom stereocenters. The van der Waals surface area contributed by atoms with Crippen molar-refractivity contribution in [3.8, 4) is 0 Å². The van der Waals surface area contributed by atoms with E-state index in [0.29, 0.717) is 30.9 Å². The lowest BCUT2D eigenvalue weighted by Crippen LogP contribution is -2.46. The SMILES string of the molecule is COC(=O)CC1CN(C(=O)c2cc(N)ccc2C)CCO1.Cl. The Morgan fingerprint density at radius 3 is 2.86 bits per heavy atom. The molecule has 0 spiro atoms. The van der Waals surface area contributed by atoms with Gasteiger partial charge in [-0.1, -0.05) is 6.07 Å². The van der Waals surface area contributed by atoms with Crippen LogP contribution in [0.15, 0.2) is 18.2 Å². The van der Waals surface area contributed by atoms with Gasteiger partial charge < -0.3 is 20.1 Å². The van der Waals surface area contributed by atoms with Gasteiger partial charge in [0.25, 0.3) is 5.91 Å². The molecule has 1 saturated heterocycles.